The van der Waals surface area contributed by atoms with E-state index in [4.69, 9.17) is 23.2 Å². The van der Waals surface area contributed by atoms with E-state index in [-0.39, 0.29) is 22.6 Å². The summed E-state index contributed by atoms with van der Waals surface area (Å²) < 4.78 is 16.3. The lowest BCUT2D eigenvalue weighted by Crippen LogP contribution is -2.25. The van der Waals surface area contributed by atoms with Crippen LogP contribution < -0.4 is 5.32 Å². The van der Waals surface area contributed by atoms with Crippen molar-refractivity contribution in [3.05, 3.63) is 63.8 Å². The van der Waals surface area contributed by atoms with Gasteiger partial charge in [0.2, 0.25) is 5.91 Å². The summed E-state index contributed by atoms with van der Waals surface area (Å²) in [5, 5.41) is 11.8. The number of halogens is 3. The number of amides is 1. The van der Waals surface area contributed by atoms with E-state index in [9.17, 15) is 9.18 Å². The van der Waals surface area contributed by atoms with E-state index in [0.717, 1.165) is 5.56 Å². The Morgan fingerprint density at radius 2 is 2.12 bits per heavy atom. The molecule has 3 rings (SSSR count). The van der Waals surface area contributed by atoms with Gasteiger partial charge in [0, 0.05) is 6.20 Å². The maximum absolute atomic E-state index is 13.3. The molecule has 136 valence electrons. The van der Waals surface area contributed by atoms with Crippen LogP contribution in [0.2, 0.25) is 10.0 Å². The number of benzene rings is 1. The fourth-order valence-electron chi connectivity index (χ4n) is 2.51. The first-order chi connectivity index (χ1) is 12.3. The zero-order chi connectivity index (χ0) is 18.8. The molecule has 0 radical (unpaired) electrons. The highest BCUT2D eigenvalue weighted by Crippen LogP contribution is 2.23. The molecule has 1 unspecified atom stereocenters. The SMILES string of the molecule is Cc1c(Cl)cnn1C(C)C(=O)Nc1nn(Cc2cccc(F)c2)cc1Cl. The summed E-state index contributed by atoms with van der Waals surface area (Å²) in [5.74, 6) is -0.419. The highest BCUT2D eigenvalue weighted by Gasteiger charge is 2.21. The molecule has 0 spiro atoms. The van der Waals surface area contributed by atoms with E-state index < -0.39 is 6.04 Å². The number of nitrogens with zero attached hydrogens (tertiary/aromatic N) is 4. The highest BCUT2D eigenvalue weighted by atomic mass is 35.5. The van der Waals surface area contributed by atoms with Crippen LogP contribution in [0.3, 0.4) is 0 Å². The van der Waals surface area contributed by atoms with E-state index in [0.29, 0.717) is 17.3 Å². The van der Waals surface area contributed by atoms with Gasteiger partial charge in [0.25, 0.3) is 0 Å². The van der Waals surface area contributed by atoms with Gasteiger partial charge in [0.05, 0.1) is 23.5 Å². The predicted molar refractivity (Wildman–Crippen MR) is 98.1 cm³/mol. The van der Waals surface area contributed by atoms with Crippen LogP contribution in [-0.2, 0) is 11.3 Å². The molecule has 9 heteroatoms. The van der Waals surface area contributed by atoms with Crippen LogP contribution in [0.15, 0.2) is 36.7 Å². The predicted octanol–water partition coefficient (Wildman–Crippen LogP) is 4.08. The number of hydrogen-bond acceptors (Lipinski definition) is 3. The van der Waals surface area contributed by atoms with Crippen molar-refractivity contribution in [3.8, 4) is 0 Å². The van der Waals surface area contributed by atoms with E-state index in [1.54, 1.807) is 32.2 Å². The van der Waals surface area contributed by atoms with Gasteiger partial charge in [-0.2, -0.15) is 10.2 Å². The molecular formula is C17H16Cl2FN5O. The van der Waals surface area contributed by atoms with Crippen molar-refractivity contribution < 1.29 is 9.18 Å². The number of rotatable bonds is 5. The summed E-state index contributed by atoms with van der Waals surface area (Å²) in [6.07, 6.45) is 3.06. The average molecular weight is 396 g/mol. The zero-order valence-electron chi connectivity index (χ0n) is 14.1. The second-order valence-electron chi connectivity index (χ2n) is 5.84. The number of nitrogens with one attached hydrogen (secondary N) is 1. The van der Waals surface area contributed by atoms with Crippen LogP contribution in [0.1, 0.15) is 24.2 Å². The van der Waals surface area contributed by atoms with E-state index in [2.05, 4.69) is 15.5 Å². The summed E-state index contributed by atoms with van der Waals surface area (Å²) in [6, 6.07) is 5.60. The molecular weight excluding hydrogens is 380 g/mol. The number of aromatic nitrogens is 4. The lowest BCUT2D eigenvalue weighted by atomic mass is 10.2. The normalized spacial score (nSPS) is 12.2. The summed E-state index contributed by atoms with van der Waals surface area (Å²) in [6.45, 7) is 3.81. The summed E-state index contributed by atoms with van der Waals surface area (Å²) in [5.41, 5.74) is 1.43. The molecule has 0 bridgehead atoms. The molecule has 0 aliphatic heterocycles. The Morgan fingerprint density at radius 1 is 1.35 bits per heavy atom. The number of hydrogen-bond donors (Lipinski definition) is 1. The van der Waals surface area contributed by atoms with Gasteiger partial charge in [-0.15, -0.1) is 0 Å². The molecule has 1 aromatic carbocycles. The Morgan fingerprint density at radius 3 is 2.77 bits per heavy atom. The second-order valence-corrected chi connectivity index (χ2v) is 6.66. The fourth-order valence-corrected chi connectivity index (χ4v) is 2.84. The van der Waals surface area contributed by atoms with Crippen molar-refractivity contribution in [1.29, 1.82) is 0 Å². The third-order valence-electron chi connectivity index (χ3n) is 3.92. The number of carbonyl (C=O) groups is 1. The maximum Gasteiger partial charge on any atom is 0.250 e. The minimum atomic E-state index is -0.591. The van der Waals surface area contributed by atoms with Crippen molar-refractivity contribution in [2.24, 2.45) is 0 Å². The van der Waals surface area contributed by atoms with Gasteiger partial charge >= 0.3 is 0 Å². The third kappa shape index (κ3) is 3.89. The minimum Gasteiger partial charge on any atom is -0.306 e. The van der Waals surface area contributed by atoms with Crippen molar-refractivity contribution in [3.63, 3.8) is 0 Å². The molecule has 0 saturated carbocycles. The topological polar surface area (TPSA) is 64.7 Å². The first-order valence-corrected chi connectivity index (χ1v) is 8.58. The lowest BCUT2D eigenvalue weighted by Gasteiger charge is -2.13. The van der Waals surface area contributed by atoms with Crippen LogP contribution in [0.25, 0.3) is 0 Å². The summed E-state index contributed by atoms with van der Waals surface area (Å²) in [7, 11) is 0. The molecule has 2 aromatic heterocycles. The van der Waals surface area contributed by atoms with Gasteiger partial charge in [-0.3, -0.25) is 14.2 Å². The molecule has 2 heterocycles. The van der Waals surface area contributed by atoms with Crippen molar-refractivity contribution in [2.75, 3.05) is 5.32 Å². The van der Waals surface area contributed by atoms with Gasteiger partial charge in [0.15, 0.2) is 5.82 Å². The molecule has 1 amide bonds. The average Bonchev–Trinajstić information content (AvgIpc) is 3.09. The molecule has 3 aromatic rings. The third-order valence-corrected chi connectivity index (χ3v) is 4.57. The molecule has 0 fully saturated rings. The zero-order valence-corrected chi connectivity index (χ0v) is 15.6. The Balaban J connectivity index is 1.73. The first kappa shape index (κ1) is 18.4. The van der Waals surface area contributed by atoms with E-state index in [1.807, 2.05) is 0 Å². The summed E-state index contributed by atoms with van der Waals surface area (Å²) in [4.78, 5) is 12.5. The molecule has 0 aliphatic carbocycles. The van der Waals surface area contributed by atoms with Gasteiger partial charge in [-0.25, -0.2) is 4.39 Å². The van der Waals surface area contributed by atoms with Gasteiger partial charge in [0.1, 0.15) is 16.9 Å². The first-order valence-electron chi connectivity index (χ1n) is 7.83. The standard InChI is InChI=1S/C17H16Cl2FN5O/c1-10-14(18)7-21-25(10)11(2)17(26)22-16-15(19)9-24(23-16)8-12-4-3-5-13(20)6-12/h3-7,9,11H,8H2,1-2H3,(H,22,23,26). The second kappa shape index (κ2) is 7.47. The Kier molecular flexibility index (Phi) is 5.29. The monoisotopic (exact) mass is 395 g/mol. The smallest absolute Gasteiger partial charge is 0.250 e. The van der Waals surface area contributed by atoms with E-state index >= 15 is 0 Å². The maximum atomic E-state index is 13.3. The highest BCUT2D eigenvalue weighted by molar-refractivity contribution is 6.33. The largest absolute Gasteiger partial charge is 0.306 e. The van der Waals surface area contributed by atoms with Crippen molar-refractivity contribution in [1.82, 2.24) is 19.6 Å². The van der Waals surface area contributed by atoms with Crippen molar-refractivity contribution in [2.45, 2.75) is 26.4 Å². The molecule has 1 atom stereocenters. The van der Waals surface area contributed by atoms with E-state index in [1.165, 1.54) is 27.7 Å². The van der Waals surface area contributed by atoms with Crippen LogP contribution in [0.5, 0.6) is 0 Å². The lowest BCUT2D eigenvalue weighted by molar-refractivity contribution is -0.119. The number of carbonyl (C=O) groups excluding carboxylic acids is 1. The van der Waals surface area contributed by atoms with Gasteiger partial charge in [-0.05, 0) is 31.5 Å². The molecule has 6 nitrogen and oxygen atoms in total. The Labute approximate surface area is 159 Å². The van der Waals surface area contributed by atoms with Gasteiger partial charge in [-0.1, -0.05) is 35.3 Å². The Hall–Kier alpha value is -2.38. The fraction of sp³-hybridized carbons (Fsp3) is 0.235. The quantitative estimate of drug-likeness (QED) is 0.707. The molecule has 26 heavy (non-hydrogen) atoms. The number of anilines is 1. The molecule has 1 N–H and O–H groups in total. The van der Waals surface area contributed by atoms with Crippen LogP contribution in [0, 0.1) is 12.7 Å². The van der Waals surface area contributed by atoms with Crippen molar-refractivity contribution >= 4 is 34.9 Å². The van der Waals surface area contributed by atoms with Gasteiger partial charge < -0.3 is 5.32 Å². The Bertz CT molecular complexity index is 953. The van der Waals surface area contributed by atoms with Crippen LogP contribution in [-0.4, -0.2) is 25.5 Å². The van der Waals surface area contributed by atoms with Crippen LogP contribution >= 0.6 is 23.2 Å². The summed E-state index contributed by atoms with van der Waals surface area (Å²) >= 11 is 12.1. The molecule has 0 saturated heterocycles. The minimum absolute atomic E-state index is 0.232. The molecule has 0 aliphatic rings. The van der Waals surface area contributed by atoms with Crippen LogP contribution in [0.4, 0.5) is 10.2 Å².